The molecule has 4 aliphatic rings. The fraction of sp³-hybridized carbons (Fsp3) is 0.250. The maximum absolute atomic E-state index is 15.4. The fourth-order valence-corrected chi connectivity index (χ4v) is 9.98. The van der Waals surface area contributed by atoms with Gasteiger partial charge in [-0.2, -0.15) is 18.2 Å². The maximum atomic E-state index is 15.4. The molecule has 0 unspecified atom stereocenters. The number of fused-ring (bicyclic) bond motifs is 4. The number of ether oxygens (including phenoxy) is 1. The molecule has 19 heteroatoms. The number of carbonyl (C=O) groups is 5. The number of phenols is 2. The van der Waals surface area contributed by atoms with Gasteiger partial charge in [-0.25, -0.2) is 14.7 Å². The molecule has 0 radical (unpaired) electrons. The van der Waals surface area contributed by atoms with Crippen LogP contribution in [0.2, 0.25) is 10.0 Å². The number of anilines is 2. The number of methoxy groups -OCH3 is 1. The standard InChI is InChI=1S/C40H28BrCl2F3N4O9/c1-59-29-12-18(41)11-25(32(29)52)31-21-8-9-23-30(36(55)49(34(23)53)20-6-7-22(37(56)57)28(51)13-20)24(21)14-26-35(54)50(38(58)39(26,31)16-2-4-19(42)5-3-16)48-33-27(43)10-17(15-47-33)40(44,45)46/h2-8,10-13,15,23-24,26,30-31,51-52H,9,14H2,1H3,(H,47,48)(H,56,57)/t23-,24+,26-,30-,31+,39+/m0/s1. The zero-order valence-electron chi connectivity index (χ0n) is 30.1. The third kappa shape index (κ3) is 6.11. The van der Waals surface area contributed by atoms with Crippen LogP contribution in [0.5, 0.6) is 17.2 Å². The molecule has 6 atom stereocenters. The molecule has 0 bridgehead atoms. The van der Waals surface area contributed by atoms with Gasteiger partial charge in [-0.15, -0.1) is 0 Å². The molecule has 8 rings (SSSR count). The van der Waals surface area contributed by atoms with Gasteiger partial charge >= 0.3 is 12.1 Å². The van der Waals surface area contributed by atoms with Crippen LogP contribution in [-0.4, -0.2) is 62.0 Å². The Morgan fingerprint density at radius 1 is 0.983 bits per heavy atom. The molecule has 4 amide bonds. The first-order chi connectivity index (χ1) is 27.9. The number of aromatic nitrogens is 1. The summed E-state index contributed by atoms with van der Waals surface area (Å²) in [5.74, 6) is -11.8. The molecule has 3 aromatic carbocycles. The van der Waals surface area contributed by atoms with Crippen LogP contribution in [0.1, 0.15) is 45.8 Å². The Balaban J connectivity index is 1.32. The van der Waals surface area contributed by atoms with Crippen LogP contribution in [0.3, 0.4) is 0 Å². The third-order valence-electron chi connectivity index (χ3n) is 11.6. The van der Waals surface area contributed by atoms with Gasteiger partial charge in [0.1, 0.15) is 11.3 Å². The van der Waals surface area contributed by atoms with E-state index in [0.29, 0.717) is 27.3 Å². The average Bonchev–Trinajstić information content (AvgIpc) is 3.56. The number of carboxylic acids is 1. The molecular formula is C40H28BrCl2F3N4O9. The number of nitrogens with one attached hydrogen (secondary N) is 1. The van der Waals surface area contributed by atoms with E-state index in [1.807, 2.05) is 0 Å². The van der Waals surface area contributed by atoms with Gasteiger partial charge in [0.05, 0.1) is 46.6 Å². The van der Waals surface area contributed by atoms with Crippen molar-refractivity contribution >= 4 is 80.2 Å². The van der Waals surface area contributed by atoms with Crippen LogP contribution in [-0.2, 0) is 30.8 Å². The lowest BCUT2D eigenvalue weighted by atomic mass is 9.49. The number of carboxylic acid groups (broad SMARTS) is 1. The van der Waals surface area contributed by atoms with Crippen LogP contribution < -0.4 is 15.1 Å². The molecular weight excluding hydrogens is 888 g/mol. The number of phenolic OH excluding ortho intramolecular Hbond substituents is 1. The average molecular weight is 916 g/mol. The zero-order chi connectivity index (χ0) is 42.5. The van der Waals surface area contributed by atoms with Gasteiger partial charge in [0, 0.05) is 33.2 Å². The summed E-state index contributed by atoms with van der Waals surface area (Å²) in [7, 11) is 1.31. The molecule has 3 heterocycles. The summed E-state index contributed by atoms with van der Waals surface area (Å²) in [6.45, 7) is 0. The molecule has 13 nitrogen and oxygen atoms in total. The first-order valence-electron chi connectivity index (χ1n) is 17.7. The van der Waals surface area contributed by atoms with Crippen molar-refractivity contribution in [2.24, 2.45) is 23.7 Å². The van der Waals surface area contributed by atoms with E-state index in [2.05, 4.69) is 26.3 Å². The molecule has 2 saturated heterocycles. The molecule has 1 saturated carbocycles. The summed E-state index contributed by atoms with van der Waals surface area (Å²) >= 11 is 16.0. The van der Waals surface area contributed by atoms with E-state index in [1.54, 1.807) is 18.2 Å². The van der Waals surface area contributed by atoms with E-state index >= 15 is 4.79 Å². The summed E-state index contributed by atoms with van der Waals surface area (Å²) in [5.41, 5.74) is -0.338. The number of carbonyl (C=O) groups excluding carboxylic acids is 4. The van der Waals surface area contributed by atoms with Crippen LogP contribution in [0.4, 0.5) is 24.7 Å². The van der Waals surface area contributed by atoms with Gasteiger partial charge in [0.15, 0.2) is 17.3 Å². The van der Waals surface area contributed by atoms with E-state index in [0.717, 1.165) is 17.0 Å². The van der Waals surface area contributed by atoms with Gasteiger partial charge < -0.3 is 20.1 Å². The van der Waals surface area contributed by atoms with Crippen molar-refractivity contribution in [2.75, 3.05) is 17.4 Å². The molecule has 304 valence electrons. The van der Waals surface area contributed by atoms with E-state index in [1.165, 1.54) is 37.4 Å². The highest BCUT2D eigenvalue weighted by atomic mass is 79.9. The monoisotopic (exact) mass is 914 g/mol. The van der Waals surface area contributed by atoms with E-state index < -0.39 is 104 Å². The summed E-state index contributed by atoms with van der Waals surface area (Å²) in [5, 5.41) is 32.1. The highest BCUT2D eigenvalue weighted by Gasteiger charge is 2.71. The summed E-state index contributed by atoms with van der Waals surface area (Å²) in [6.07, 6.45) is -2.86. The number of benzene rings is 3. The number of pyridine rings is 1. The van der Waals surface area contributed by atoms with Crippen LogP contribution in [0, 0.1) is 23.7 Å². The van der Waals surface area contributed by atoms with E-state index in [9.17, 15) is 47.7 Å². The SMILES string of the molecule is COc1cc(Br)cc([C@H]2C3=CC[C@@H]4C(=O)N(c5ccc(C(=O)O)c(O)c5)C(=O)[C@@H]4[C@@H]3C[C@H]3C(=O)N(Nc4ncc(C(F)(F)F)cc4Cl)C(=O)[C@@]23c2ccc(Cl)cc2)c1O. The molecule has 3 fully saturated rings. The lowest BCUT2D eigenvalue weighted by Crippen LogP contribution is -2.53. The Hall–Kier alpha value is -5.65. The van der Waals surface area contributed by atoms with Gasteiger partial charge in [0.25, 0.3) is 11.8 Å². The number of halogens is 6. The fourth-order valence-electron chi connectivity index (χ4n) is 9.19. The number of aromatic carboxylic acids is 1. The highest BCUT2D eigenvalue weighted by Crippen LogP contribution is 2.65. The first kappa shape index (κ1) is 40.1. The number of hydrogen-bond acceptors (Lipinski definition) is 10. The number of hydrogen-bond donors (Lipinski definition) is 4. The van der Waals surface area contributed by atoms with Crippen molar-refractivity contribution in [3.63, 3.8) is 0 Å². The normalized spacial score (nSPS) is 25.1. The highest BCUT2D eigenvalue weighted by molar-refractivity contribution is 9.10. The summed E-state index contributed by atoms with van der Waals surface area (Å²) < 4.78 is 46.5. The minimum atomic E-state index is -4.80. The van der Waals surface area contributed by atoms with E-state index in [4.69, 9.17) is 27.9 Å². The van der Waals surface area contributed by atoms with Crippen LogP contribution >= 0.6 is 39.1 Å². The van der Waals surface area contributed by atoms with Crippen molar-refractivity contribution in [2.45, 2.75) is 30.4 Å². The van der Waals surface area contributed by atoms with Crippen molar-refractivity contribution in [3.8, 4) is 17.2 Å². The molecule has 4 N–H and O–H groups in total. The zero-order valence-corrected chi connectivity index (χ0v) is 33.2. The van der Waals surface area contributed by atoms with Gasteiger partial charge in [-0.1, -0.05) is 62.9 Å². The number of nitrogens with zero attached hydrogens (tertiary/aromatic N) is 3. The Morgan fingerprint density at radius 3 is 2.32 bits per heavy atom. The molecule has 4 aromatic rings. The molecule has 1 aromatic heterocycles. The number of rotatable bonds is 7. The smallest absolute Gasteiger partial charge is 0.417 e. The van der Waals surface area contributed by atoms with Crippen molar-refractivity contribution in [1.29, 1.82) is 0 Å². The second-order valence-corrected chi connectivity index (χ2v) is 16.2. The molecule has 0 spiro atoms. The van der Waals surface area contributed by atoms with Crippen molar-refractivity contribution in [3.05, 3.63) is 115 Å². The predicted molar refractivity (Wildman–Crippen MR) is 207 cm³/mol. The maximum Gasteiger partial charge on any atom is 0.417 e. The Labute approximate surface area is 350 Å². The molecule has 59 heavy (non-hydrogen) atoms. The Bertz CT molecular complexity index is 2560. The summed E-state index contributed by atoms with van der Waals surface area (Å²) in [6, 6.07) is 13.0. The number of amides is 4. The second-order valence-electron chi connectivity index (χ2n) is 14.5. The third-order valence-corrected chi connectivity index (χ3v) is 12.6. The molecule has 2 aliphatic heterocycles. The first-order valence-corrected chi connectivity index (χ1v) is 19.3. The topological polar surface area (TPSA) is 187 Å². The number of hydrazine groups is 1. The van der Waals surface area contributed by atoms with Crippen molar-refractivity contribution in [1.82, 2.24) is 9.99 Å². The lowest BCUT2D eigenvalue weighted by molar-refractivity contribution is -0.139. The minimum absolute atomic E-state index is 0.0102. The van der Waals surface area contributed by atoms with Crippen LogP contribution in [0.15, 0.2) is 83.0 Å². The second kappa shape index (κ2) is 14.3. The molecule has 2 aliphatic carbocycles. The van der Waals surface area contributed by atoms with Gasteiger partial charge in [-0.05, 0) is 66.8 Å². The Kier molecular flexibility index (Phi) is 9.71. The largest absolute Gasteiger partial charge is 0.507 e. The predicted octanol–water partition coefficient (Wildman–Crippen LogP) is 7.48. The number of alkyl halides is 3. The number of aromatic hydroxyl groups is 2. The number of allylic oxidation sites excluding steroid dienone is 2. The quantitative estimate of drug-likeness (QED) is 0.106. The van der Waals surface area contributed by atoms with Gasteiger partial charge in [-0.3, -0.25) is 24.6 Å². The lowest BCUT2D eigenvalue weighted by Gasteiger charge is -2.50. The van der Waals surface area contributed by atoms with E-state index in [-0.39, 0.29) is 40.4 Å². The minimum Gasteiger partial charge on any atom is -0.507 e. The summed E-state index contributed by atoms with van der Waals surface area (Å²) in [4.78, 5) is 75.2. The number of imide groups is 2. The van der Waals surface area contributed by atoms with Crippen molar-refractivity contribution < 1.29 is 57.2 Å². The van der Waals surface area contributed by atoms with Gasteiger partial charge in [0.2, 0.25) is 11.8 Å². The Morgan fingerprint density at radius 2 is 1.69 bits per heavy atom. The van der Waals surface area contributed by atoms with Crippen LogP contribution in [0.25, 0.3) is 0 Å².